The first kappa shape index (κ1) is 21.0. The second-order valence-electron chi connectivity index (χ2n) is 6.12. The van der Waals surface area contributed by atoms with Gasteiger partial charge in [0.15, 0.2) is 0 Å². The Bertz CT molecular complexity index is 814. The van der Waals surface area contributed by atoms with E-state index in [1.165, 1.54) is 6.08 Å². The number of benzene rings is 2. The van der Waals surface area contributed by atoms with Crippen LogP contribution < -0.4 is 14.8 Å². The topological polar surface area (TPSA) is 73.9 Å². The quantitative estimate of drug-likeness (QED) is 0.409. The molecule has 0 spiro atoms. The Kier molecular flexibility index (Phi) is 8.09. The van der Waals surface area contributed by atoms with E-state index >= 15 is 0 Å². The number of carbonyl (C=O) groups excluding carboxylic acids is 2. The maximum absolute atomic E-state index is 12.0. The summed E-state index contributed by atoms with van der Waals surface area (Å²) in [6, 6.07) is 14.1. The molecule has 0 saturated heterocycles. The molecule has 2 aromatic carbocycles. The molecule has 0 bridgehead atoms. The number of aryl methyl sites for hydroxylation is 1. The number of nitrogens with one attached hydrogen (secondary N) is 1. The third-order valence-electron chi connectivity index (χ3n) is 3.93. The highest BCUT2D eigenvalue weighted by molar-refractivity contribution is 5.94. The fraction of sp³-hybridized carbons (Fsp3) is 0.273. The minimum Gasteiger partial charge on any atom is -0.497 e. The summed E-state index contributed by atoms with van der Waals surface area (Å²) in [5, 5.41) is 2.57. The molecular weight excluding hydrogens is 358 g/mol. The number of methoxy groups -OCH3 is 1. The molecule has 0 radical (unpaired) electrons. The van der Waals surface area contributed by atoms with E-state index in [1.807, 2.05) is 43.3 Å². The van der Waals surface area contributed by atoms with E-state index in [4.69, 9.17) is 14.2 Å². The van der Waals surface area contributed by atoms with Crippen LogP contribution in [0.4, 0.5) is 0 Å². The molecule has 0 saturated carbocycles. The summed E-state index contributed by atoms with van der Waals surface area (Å²) >= 11 is 0. The van der Waals surface area contributed by atoms with Crippen LogP contribution in [0.1, 0.15) is 18.1 Å². The number of rotatable bonds is 9. The minimum absolute atomic E-state index is 0.106. The van der Waals surface area contributed by atoms with Gasteiger partial charge in [-0.25, -0.2) is 4.79 Å². The Morgan fingerprint density at radius 1 is 1.07 bits per heavy atom. The number of amides is 1. The van der Waals surface area contributed by atoms with E-state index in [1.54, 1.807) is 32.2 Å². The number of hydrogen-bond acceptors (Lipinski definition) is 5. The fourth-order valence-corrected chi connectivity index (χ4v) is 2.34. The molecule has 6 heteroatoms. The summed E-state index contributed by atoms with van der Waals surface area (Å²) in [4.78, 5) is 23.9. The van der Waals surface area contributed by atoms with Gasteiger partial charge in [0.1, 0.15) is 30.8 Å². The van der Waals surface area contributed by atoms with E-state index in [-0.39, 0.29) is 19.1 Å². The highest BCUT2D eigenvalue weighted by Gasteiger charge is 2.15. The molecule has 0 heterocycles. The lowest BCUT2D eigenvalue weighted by atomic mass is 10.2. The fourth-order valence-electron chi connectivity index (χ4n) is 2.34. The largest absolute Gasteiger partial charge is 0.497 e. The zero-order valence-electron chi connectivity index (χ0n) is 16.3. The first-order valence-electron chi connectivity index (χ1n) is 8.97. The first-order chi connectivity index (χ1) is 13.5. The predicted molar refractivity (Wildman–Crippen MR) is 107 cm³/mol. The van der Waals surface area contributed by atoms with E-state index in [0.29, 0.717) is 0 Å². The monoisotopic (exact) mass is 383 g/mol. The molecule has 1 N–H and O–H groups in total. The first-order valence-corrected chi connectivity index (χ1v) is 8.97. The molecule has 28 heavy (non-hydrogen) atoms. The SMILES string of the molecule is COc1ccc(C=CC(=O)NC(C)C(=O)OCCOc2ccccc2C)cc1. The second-order valence-corrected chi connectivity index (χ2v) is 6.12. The molecule has 6 nitrogen and oxygen atoms in total. The van der Waals surface area contributed by atoms with Gasteiger partial charge < -0.3 is 19.5 Å². The summed E-state index contributed by atoms with van der Waals surface area (Å²) in [5.74, 6) is 0.601. The van der Waals surface area contributed by atoms with Gasteiger partial charge in [-0.1, -0.05) is 30.3 Å². The van der Waals surface area contributed by atoms with Crippen molar-refractivity contribution >= 4 is 18.0 Å². The molecule has 0 aromatic heterocycles. The van der Waals surface area contributed by atoms with Gasteiger partial charge in [-0.2, -0.15) is 0 Å². The summed E-state index contributed by atoms with van der Waals surface area (Å²) in [6.07, 6.45) is 3.02. The molecule has 1 amide bonds. The van der Waals surface area contributed by atoms with Gasteiger partial charge in [-0.3, -0.25) is 4.79 Å². The lowest BCUT2D eigenvalue weighted by molar-refractivity contribution is -0.147. The molecule has 1 unspecified atom stereocenters. The number of para-hydroxylation sites is 1. The van der Waals surface area contributed by atoms with Crippen molar-refractivity contribution in [2.24, 2.45) is 0 Å². The van der Waals surface area contributed by atoms with Gasteiger partial charge in [0.05, 0.1) is 7.11 Å². The lowest BCUT2D eigenvalue weighted by Gasteiger charge is -2.13. The van der Waals surface area contributed by atoms with Gasteiger partial charge in [-0.15, -0.1) is 0 Å². The molecule has 1 atom stereocenters. The van der Waals surface area contributed by atoms with Gasteiger partial charge in [0.25, 0.3) is 0 Å². The molecule has 0 aliphatic carbocycles. The van der Waals surface area contributed by atoms with Crippen LogP contribution in [0.5, 0.6) is 11.5 Å². The van der Waals surface area contributed by atoms with Crippen molar-refractivity contribution in [3.8, 4) is 11.5 Å². The molecule has 0 aliphatic heterocycles. The predicted octanol–water partition coefficient (Wildman–Crippen LogP) is 3.14. The van der Waals surface area contributed by atoms with E-state index in [0.717, 1.165) is 22.6 Å². The standard InChI is InChI=1S/C22H25NO5/c1-16-6-4-5-7-20(16)27-14-15-28-22(25)17(2)23-21(24)13-10-18-8-11-19(26-3)12-9-18/h4-13,17H,14-15H2,1-3H3,(H,23,24). The Morgan fingerprint density at radius 2 is 1.79 bits per heavy atom. The summed E-state index contributed by atoms with van der Waals surface area (Å²) in [6.45, 7) is 3.87. The van der Waals surface area contributed by atoms with Gasteiger partial charge in [-0.05, 0) is 49.2 Å². The van der Waals surface area contributed by atoms with Crippen molar-refractivity contribution in [1.82, 2.24) is 5.32 Å². The van der Waals surface area contributed by atoms with Crippen LogP contribution in [0.3, 0.4) is 0 Å². The zero-order valence-corrected chi connectivity index (χ0v) is 16.3. The second kappa shape index (κ2) is 10.8. The van der Waals surface area contributed by atoms with E-state index in [9.17, 15) is 9.59 Å². The van der Waals surface area contributed by atoms with Crippen molar-refractivity contribution in [1.29, 1.82) is 0 Å². The smallest absolute Gasteiger partial charge is 0.328 e. The van der Waals surface area contributed by atoms with E-state index in [2.05, 4.69) is 5.32 Å². The minimum atomic E-state index is -0.758. The van der Waals surface area contributed by atoms with Crippen molar-refractivity contribution in [3.05, 3.63) is 65.7 Å². The zero-order chi connectivity index (χ0) is 20.4. The van der Waals surface area contributed by atoms with Crippen molar-refractivity contribution < 1.29 is 23.8 Å². The third kappa shape index (κ3) is 6.79. The molecular formula is C22H25NO5. The summed E-state index contributed by atoms with van der Waals surface area (Å²) in [7, 11) is 1.59. The summed E-state index contributed by atoms with van der Waals surface area (Å²) < 4.78 is 15.8. The van der Waals surface area contributed by atoms with Gasteiger partial charge in [0.2, 0.25) is 5.91 Å². The third-order valence-corrected chi connectivity index (χ3v) is 3.93. The number of hydrogen-bond donors (Lipinski definition) is 1. The van der Waals surface area contributed by atoms with Crippen LogP contribution in [0.25, 0.3) is 6.08 Å². The normalized spacial score (nSPS) is 11.7. The number of ether oxygens (including phenoxy) is 3. The Balaban J connectivity index is 1.71. The van der Waals surface area contributed by atoms with Gasteiger partial charge in [0, 0.05) is 6.08 Å². The Morgan fingerprint density at radius 3 is 2.46 bits per heavy atom. The van der Waals surface area contributed by atoms with Gasteiger partial charge >= 0.3 is 5.97 Å². The Hall–Kier alpha value is -3.28. The van der Waals surface area contributed by atoms with Crippen LogP contribution in [0.2, 0.25) is 0 Å². The van der Waals surface area contributed by atoms with Crippen LogP contribution in [-0.4, -0.2) is 38.2 Å². The molecule has 2 rings (SSSR count). The number of esters is 1. The van der Waals surface area contributed by atoms with Crippen LogP contribution in [0.15, 0.2) is 54.6 Å². The molecule has 0 aliphatic rings. The lowest BCUT2D eigenvalue weighted by Crippen LogP contribution is -2.39. The molecule has 0 fully saturated rings. The van der Waals surface area contributed by atoms with Crippen LogP contribution in [0, 0.1) is 6.92 Å². The van der Waals surface area contributed by atoms with E-state index < -0.39 is 12.0 Å². The highest BCUT2D eigenvalue weighted by atomic mass is 16.6. The molecule has 148 valence electrons. The van der Waals surface area contributed by atoms with Crippen molar-refractivity contribution in [2.75, 3.05) is 20.3 Å². The maximum Gasteiger partial charge on any atom is 0.328 e. The average Bonchev–Trinajstić information content (AvgIpc) is 2.71. The number of carbonyl (C=O) groups is 2. The highest BCUT2D eigenvalue weighted by Crippen LogP contribution is 2.15. The molecule has 2 aromatic rings. The average molecular weight is 383 g/mol. The van der Waals surface area contributed by atoms with Crippen LogP contribution in [-0.2, 0) is 14.3 Å². The van der Waals surface area contributed by atoms with Crippen LogP contribution >= 0.6 is 0 Å². The van der Waals surface area contributed by atoms with Crippen molar-refractivity contribution in [2.45, 2.75) is 19.9 Å². The Labute approximate surface area is 165 Å². The summed E-state index contributed by atoms with van der Waals surface area (Å²) in [5.41, 5.74) is 1.86. The van der Waals surface area contributed by atoms with Crippen molar-refractivity contribution in [3.63, 3.8) is 0 Å². The maximum atomic E-state index is 12.0.